The highest BCUT2D eigenvalue weighted by atomic mass is 32.2. The van der Waals surface area contributed by atoms with Crippen LogP contribution < -0.4 is 0 Å². The molecule has 0 atom stereocenters. The van der Waals surface area contributed by atoms with Gasteiger partial charge in [0.1, 0.15) is 13.2 Å². The van der Waals surface area contributed by atoms with Gasteiger partial charge in [-0.05, 0) is 12.3 Å². The number of Topliss-reactive ketones (excluding diaryl/α,β-unsaturated/α-hetero) is 1. The smallest absolute Gasteiger partial charge is 0.253 e. The Morgan fingerprint density at radius 2 is 2.05 bits per heavy atom. The Kier molecular flexibility index (Phi) is 8.69. The Bertz CT molecular complexity index is 369. The van der Waals surface area contributed by atoms with Crippen LogP contribution in [0, 0.1) is 5.92 Å². The third-order valence-corrected chi connectivity index (χ3v) is 4.35. The van der Waals surface area contributed by atoms with Gasteiger partial charge < -0.3 is 9.64 Å². The Morgan fingerprint density at radius 3 is 2.67 bits per heavy atom. The van der Waals surface area contributed by atoms with Crippen molar-refractivity contribution in [1.82, 2.24) is 4.90 Å². The molecular formula is C16H27NO3S. The molecule has 1 rings (SSSR count). The largest absolute Gasteiger partial charge is 0.364 e. The molecule has 0 unspecified atom stereocenters. The lowest BCUT2D eigenvalue weighted by Gasteiger charge is -2.15. The topological polar surface area (TPSA) is 46.6 Å². The van der Waals surface area contributed by atoms with Crippen molar-refractivity contribution in [2.24, 2.45) is 5.92 Å². The summed E-state index contributed by atoms with van der Waals surface area (Å²) in [6, 6.07) is 0. The van der Waals surface area contributed by atoms with E-state index in [0.29, 0.717) is 13.0 Å². The second-order valence-electron chi connectivity index (χ2n) is 5.81. The molecule has 120 valence electrons. The first-order valence-corrected chi connectivity index (χ1v) is 8.70. The quantitative estimate of drug-likeness (QED) is 0.581. The third kappa shape index (κ3) is 7.67. The first-order valence-electron chi connectivity index (χ1n) is 7.72. The molecule has 0 aromatic carbocycles. The van der Waals surface area contributed by atoms with Crippen LogP contribution in [0.2, 0.25) is 0 Å². The van der Waals surface area contributed by atoms with Crippen molar-refractivity contribution in [1.29, 1.82) is 0 Å². The van der Waals surface area contributed by atoms with Crippen molar-refractivity contribution in [2.75, 3.05) is 25.5 Å². The summed E-state index contributed by atoms with van der Waals surface area (Å²) >= 11 is 1.58. The number of carbonyl (C=O) groups excluding carboxylic acids is 2. The number of rotatable bonds is 10. The van der Waals surface area contributed by atoms with Gasteiger partial charge in [0.25, 0.3) is 5.91 Å². The van der Waals surface area contributed by atoms with Crippen molar-refractivity contribution < 1.29 is 14.3 Å². The lowest BCUT2D eigenvalue weighted by molar-refractivity contribution is -0.135. The molecule has 1 amide bonds. The Balaban J connectivity index is 2.02. The maximum absolute atomic E-state index is 11.8. The van der Waals surface area contributed by atoms with Gasteiger partial charge in [0.15, 0.2) is 5.78 Å². The van der Waals surface area contributed by atoms with Crippen molar-refractivity contribution in [3.05, 3.63) is 11.6 Å². The molecule has 0 radical (unpaired) electrons. The van der Waals surface area contributed by atoms with Crippen molar-refractivity contribution in [2.45, 2.75) is 46.0 Å². The van der Waals surface area contributed by atoms with E-state index in [4.69, 9.17) is 4.74 Å². The maximum atomic E-state index is 11.8. The average Bonchev–Trinajstić information content (AvgIpc) is 2.84. The molecule has 1 fully saturated rings. The molecule has 0 N–H and O–H groups in total. The van der Waals surface area contributed by atoms with E-state index in [2.05, 4.69) is 20.4 Å². The van der Waals surface area contributed by atoms with Crippen LogP contribution in [-0.4, -0.2) is 42.1 Å². The predicted molar refractivity (Wildman–Crippen MR) is 87.1 cm³/mol. The standard InChI is InChI=1S/C16H27NO3S/c1-13(2)7-5-4-6-8-15(18)11-20-12-16(19)17-9-10-21-14(17)3/h13H,3-12H2,1-2H3. The number of carbonyl (C=O) groups is 2. The molecule has 1 aliphatic heterocycles. The maximum Gasteiger partial charge on any atom is 0.253 e. The molecule has 0 spiro atoms. The first-order chi connectivity index (χ1) is 10.0. The molecule has 21 heavy (non-hydrogen) atoms. The number of thioether (sulfide) groups is 1. The number of hydrogen-bond acceptors (Lipinski definition) is 4. The zero-order valence-corrected chi connectivity index (χ0v) is 14.0. The first kappa shape index (κ1) is 18.2. The number of hydrogen-bond donors (Lipinski definition) is 0. The van der Waals surface area contributed by atoms with E-state index in [1.807, 2.05) is 0 Å². The van der Waals surface area contributed by atoms with Crippen molar-refractivity contribution in [3.8, 4) is 0 Å². The number of unbranched alkanes of at least 4 members (excludes halogenated alkanes) is 2. The highest BCUT2D eigenvalue weighted by molar-refractivity contribution is 8.03. The second-order valence-corrected chi connectivity index (χ2v) is 6.98. The number of nitrogens with zero attached hydrogens (tertiary/aromatic N) is 1. The summed E-state index contributed by atoms with van der Waals surface area (Å²) < 4.78 is 5.22. The zero-order chi connectivity index (χ0) is 15.7. The van der Waals surface area contributed by atoms with Gasteiger partial charge in [0.2, 0.25) is 0 Å². The van der Waals surface area contributed by atoms with Crippen LogP contribution in [0.5, 0.6) is 0 Å². The summed E-state index contributed by atoms with van der Waals surface area (Å²) in [5.41, 5.74) is 0. The van der Waals surface area contributed by atoms with E-state index < -0.39 is 0 Å². The van der Waals surface area contributed by atoms with Gasteiger partial charge in [-0.15, -0.1) is 11.8 Å². The minimum absolute atomic E-state index is 0.0291. The monoisotopic (exact) mass is 313 g/mol. The number of ketones is 1. The molecule has 5 heteroatoms. The minimum atomic E-state index is -0.102. The van der Waals surface area contributed by atoms with Crippen LogP contribution in [0.15, 0.2) is 11.6 Å². The van der Waals surface area contributed by atoms with Crippen LogP contribution >= 0.6 is 11.8 Å². The molecule has 1 saturated heterocycles. The van der Waals surface area contributed by atoms with E-state index >= 15 is 0 Å². The van der Waals surface area contributed by atoms with Gasteiger partial charge >= 0.3 is 0 Å². The molecule has 0 aliphatic carbocycles. The molecule has 0 aromatic heterocycles. The van der Waals surface area contributed by atoms with Gasteiger partial charge in [-0.3, -0.25) is 9.59 Å². The van der Waals surface area contributed by atoms with E-state index in [-0.39, 0.29) is 24.9 Å². The molecule has 0 bridgehead atoms. The lowest BCUT2D eigenvalue weighted by atomic mass is 10.0. The third-order valence-electron chi connectivity index (χ3n) is 3.41. The van der Waals surface area contributed by atoms with Gasteiger partial charge in [0, 0.05) is 18.7 Å². The van der Waals surface area contributed by atoms with Crippen LogP contribution in [0.3, 0.4) is 0 Å². The van der Waals surface area contributed by atoms with Crippen molar-refractivity contribution >= 4 is 23.5 Å². The van der Waals surface area contributed by atoms with Crippen molar-refractivity contribution in [3.63, 3.8) is 0 Å². The highest BCUT2D eigenvalue weighted by Crippen LogP contribution is 2.25. The fraction of sp³-hybridized carbons (Fsp3) is 0.750. The van der Waals surface area contributed by atoms with E-state index in [1.165, 1.54) is 12.8 Å². The van der Waals surface area contributed by atoms with Gasteiger partial charge in [-0.2, -0.15) is 0 Å². The van der Waals surface area contributed by atoms with Crippen LogP contribution in [0.1, 0.15) is 46.0 Å². The normalized spacial score (nSPS) is 15.0. The molecule has 0 saturated carbocycles. The van der Waals surface area contributed by atoms with Crippen LogP contribution in [0.25, 0.3) is 0 Å². The Labute approximate surface area is 132 Å². The summed E-state index contributed by atoms with van der Waals surface area (Å²) in [7, 11) is 0. The van der Waals surface area contributed by atoms with E-state index in [1.54, 1.807) is 16.7 Å². The zero-order valence-electron chi connectivity index (χ0n) is 13.2. The average molecular weight is 313 g/mol. The Hall–Kier alpha value is -0.810. The highest BCUT2D eigenvalue weighted by Gasteiger charge is 2.22. The summed E-state index contributed by atoms with van der Waals surface area (Å²) in [6.07, 6.45) is 4.96. The fourth-order valence-corrected chi connectivity index (χ4v) is 3.03. The number of ether oxygens (including phenoxy) is 1. The summed E-state index contributed by atoms with van der Waals surface area (Å²) in [5.74, 6) is 1.60. The van der Waals surface area contributed by atoms with E-state index in [9.17, 15) is 9.59 Å². The van der Waals surface area contributed by atoms with Gasteiger partial charge in [-0.25, -0.2) is 0 Å². The summed E-state index contributed by atoms with van der Waals surface area (Å²) in [4.78, 5) is 25.1. The summed E-state index contributed by atoms with van der Waals surface area (Å²) in [5, 5.41) is 0.778. The van der Waals surface area contributed by atoms with Gasteiger partial charge in [0.05, 0.1) is 5.03 Å². The Morgan fingerprint density at radius 1 is 1.29 bits per heavy atom. The molecule has 0 aromatic rings. The molecule has 1 heterocycles. The molecule has 4 nitrogen and oxygen atoms in total. The van der Waals surface area contributed by atoms with Gasteiger partial charge in [-0.1, -0.05) is 39.7 Å². The summed E-state index contributed by atoms with van der Waals surface area (Å²) in [6.45, 7) is 8.95. The predicted octanol–water partition coefficient (Wildman–Crippen LogP) is 3.23. The van der Waals surface area contributed by atoms with Crippen LogP contribution in [-0.2, 0) is 14.3 Å². The number of amides is 1. The van der Waals surface area contributed by atoms with E-state index in [0.717, 1.165) is 29.5 Å². The lowest BCUT2D eigenvalue weighted by Crippen LogP contribution is -2.30. The van der Waals surface area contributed by atoms with Crippen LogP contribution in [0.4, 0.5) is 0 Å². The fourth-order valence-electron chi connectivity index (χ4n) is 2.17. The molecular weight excluding hydrogens is 286 g/mol. The second kappa shape index (κ2) is 10.0. The SMILES string of the molecule is C=C1SCCN1C(=O)COCC(=O)CCCCCC(C)C. The minimum Gasteiger partial charge on any atom is -0.364 e. The molecule has 1 aliphatic rings.